The van der Waals surface area contributed by atoms with E-state index in [9.17, 15) is 0 Å². The summed E-state index contributed by atoms with van der Waals surface area (Å²) in [6.45, 7) is 2.90. The van der Waals surface area contributed by atoms with Gasteiger partial charge in [-0.1, -0.05) is 48.5 Å². The Hall–Kier alpha value is -4.00. The predicted molar refractivity (Wildman–Crippen MR) is 112 cm³/mol. The van der Waals surface area contributed by atoms with Gasteiger partial charge in [0.2, 0.25) is 5.82 Å². The molecule has 0 spiro atoms. The highest BCUT2D eigenvalue weighted by Gasteiger charge is 2.15. The molecule has 0 bridgehead atoms. The standard InChI is InChI=1S/C23H19N5O2/c1-15-12-22(20-14-29-11-10-21(20)24-15)30-13-16-6-8-17(9-7-16)18-4-2-3-5-19(18)23-25-27-28-26-23/h2-12H,13-14H2,1H3,(H,25,26,27,28). The fourth-order valence-electron chi connectivity index (χ4n) is 3.50. The van der Waals surface area contributed by atoms with Gasteiger partial charge in [0.05, 0.1) is 17.5 Å². The lowest BCUT2D eigenvalue weighted by molar-refractivity contribution is 0.222. The number of hydrogen-bond acceptors (Lipinski definition) is 6. The van der Waals surface area contributed by atoms with Gasteiger partial charge in [-0.05, 0) is 34.9 Å². The topological polar surface area (TPSA) is 85.8 Å². The second-order valence-electron chi connectivity index (χ2n) is 7.01. The Balaban J connectivity index is 1.37. The maximum Gasteiger partial charge on any atom is 0.205 e. The zero-order valence-electron chi connectivity index (χ0n) is 16.4. The Morgan fingerprint density at radius 3 is 2.70 bits per heavy atom. The molecule has 5 rings (SSSR count). The van der Waals surface area contributed by atoms with Gasteiger partial charge in [0, 0.05) is 17.3 Å². The fourth-order valence-corrected chi connectivity index (χ4v) is 3.50. The lowest BCUT2D eigenvalue weighted by Crippen LogP contribution is -2.06. The first-order chi connectivity index (χ1) is 14.8. The highest BCUT2D eigenvalue weighted by atomic mass is 16.5. The highest BCUT2D eigenvalue weighted by molar-refractivity contribution is 5.80. The minimum atomic E-state index is 0.465. The molecule has 0 saturated carbocycles. The number of pyridine rings is 1. The van der Waals surface area contributed by atoms with Gasteiger partial charge in [0.25, 0.3) is 0 Å². The first-order valence-corrected chi connectivity index (χ1v) is 9.61. The lowest BCUT2D eigenvalue weighted by Gasteiger charge is -2.17. The van der Waals surface area contributed by atoms with E-state index in [1.54, 1.807) is 6.26 Å². The normalized spacial score (nSPS) is 12.3. The van der Waals surface area contributed by atoms with Gasteiger partial charge in [-0.2, -0.15) is 5.21 Å². The van der Waals surface area contributed by atoms with E-state index in [1.165, 1.54) is 0 Å². The summed E-state index contributed by atoms with van der Waals surface area (Å²) in [5.41, 5.74) is 6.94. The van der Waals surface area contributed by atoms with Crippen LogP contribution in [-0.4, -0.2) is 25.6 Å². The maximum atomic E-state index is 6.11. The third-order valence-corrected chi connectivity index (χ3v) is 4.97. The van der Waals surface area contributed by atoms with E-state index in [-0.39, 0.29) is 0 Å². The summed E-state index contributed by atoms with van der Waals surface area (Å²) in [6.07, 6.45) is 3.54. The molecule has 148 valence electrons. The van der Waals surface area contributed by atoms with Gasteiger partial charge in [-0.3, -0.25) is 4.98 Å². The number of rotatable bonds is 5. The number of fused-ring (bicyclic) bond motifs is 1. The largest absolute Gasteiger partial charge is 0.496 e. The van der Waals surface area contributed by atoms with Crippen LogP contribution in [0.25, 0.3) is 28.6 Å². The van der Waals surface area contributed by atoms with Gasteiger partial charge in [0.1, 0.15) is 19.0 Å². The van der Waals surface area contributed by atoms with Crippen molar-refractivity contribution in [2.24, 2.45) is 0 Å². The summed E-state index contributed by atoms with van der Waals surface area (Å²) in [4.78, 5) is 4.54. The Morgan fingerprint density at radius 2 is 1.90 bits per heavy atom. The highest BCUT2D eigenvalue weighted by Crippen LogP contribution is 2.31. The number of nitrogens with one attached hydrogen (secondary N) is 1. The molecular formula is C23H19N5O2. The molecule has 1 aliphatic rings. The van der Waals surface area contributed by atoms with Crippen molar-refractivity contribution in [3.8, 4) is 28.3 Å². The molecule has 2 aromatic carbocycles. The number of H-pyrrole nitrogens is 1. The van der Waals surface area contributed by atoms with E-state index in [4.69, 9.17) is 9.47 Å². The molecule has 0 amide bonds. The van der Waals surface area contributed by atoms with Crippen LogP contribution in [0.1, 0.15) is 22.5 Å². The third kappa shape index (κ3) is 3.53. The van der Waals surface area contributed by atoms with Crippen LogP contribution in [0.5, 0.6) is 5.75 Å². The van der Waals surface area contributed by atoms with Crippen molar-refractivity contribution in [3.63, 3.8) is 0 Å². The van der Waals surface area contributed by atoms with Crippen molar-refractivity contribution in [2.75, 3.05) is 0 Å². The number of aromatic nitrogens is 5. The van der Waals surface area contributed by atoms with E-state index in [0.717, 1.165) is 45.0 Å². The van der Waals surface area contributed by atoms with Crippen LogP contribution in [0.4, 0.5) is 0 Å². The van der Waals surface area contributed by atoms with Crippen LogP contribution in [0.15, 0.2) is 60.9 Å². The molecular weight excluding hydrogens is 378 g/mol. The minimum absolute atomic E-state index is 0.465. The van der Waals surface area contributed by atoms with Crippen LogP contribution in [-0.2, 0) is 18.0 Å². The van der Waals surface area contributed by atoms with Crippen LogP contribution >= 0.6 is 0 Å². The molecule has 7 heteroatoms. The van der Waals surface area contributed by atoms with Gasteiger partial charge < -0.3 is 9.47 Å². The fraction of sp³-hybridized carbons (Fsp3) is 0.130. The lowest BCUT2D eigenvalue weighted by atomic mass is 9.98. The summed E-state index contributed by atoms with van der Waals surface area (Å²) in [7, 11) is 0. The molecule has 3 heterocycles. The Labute approximate surface area is 173 Å². The average molecular weight is 397 g/mol. The number of aromatic amines is 1. The Morgan fingerprint density at radius 1 is 1.07 bits per heavy atom. The summed E-state index contributed by atoms with van der Waals surface area (Å²) in [6, 6.07) is 18.3. The van der Waals surface area contributed by atoms with Crippen molar-refractivity contribution in [1.29, 1.82) is 0 Å². The second kappa shape index (κ2) is 7.79. The Kier molecular flexibility index (Phi) is 4.69. The van der Waals surface area contributed by atoms with Crippen LogP contribution in [0.2, 0.25) is 0 Å². The van der Waals surface area contributed by atoms with Gasteiger partial charge in [-0.25, -0.2) is 0 Å². The number of hydrogen-bond donors (Lipinski definition) is 1. The van der Waals surface area contributed by atoms with E-state index in [0.29, 0.717) is 19.0 Å². The first-order valence-electron chi connectivity index (χ1n) is 9.61. The van der Waals surface area contributed by atoms with E-state index in [1.807, 2.05) is 37.3 Å². The number of ether oxygens (including phenoxy) is 2. The SMILES string of the molecule is Cc1cc(OCc2ccc(-c3ccccc3-c3nn[nH]n3)cc2)c2c(n1)C=COC2. The molecule has 7 nitrogen and oxygen atoms in total. The van der Waals surface area contributed by atoms with Crippen LogP contribution in [0.3, 0.4) is 0 Å². The summed E-state index contributed by atoms with van der Waals surface area (Å²) >= 11 is 0. The average Bonchev–Trinajstić information content (AvgIpc) is 3.33. The summed E-state index contributed by atoms with van der Waals surface area (Å²) in [5.74, 6) is 1.39. The van der Waals surface area contributed by atoms with Crippen LogP contribution < -0.4 is 4.74 Å². The number of benzene rings is 2. The summed E-state index contributed by atoms with van der Waals surface area (Å²) < 4.78 is 11.5. The van der Waals surface area contributed by atoms with Crippen molar-refractivity contribution < 1.29 is 9.47 Å². The minimum Gasteiger partial charge on any atom is -0.496 e. The molecule has 0 saturated heterocycles. The number of tetrazole rings is 1. The maximum absolute atomic E-state index is 6.11. The first kappa shape index (κ1) is 18.1. The van der Waals surface area contributed by atoms with Crippen molar-refractivity contribution in [1.82, 2.24) is 25.6 Å². The molecule has 2 aromatic heterocycles. The van der Waals surface area contributed by atoms with Crippen molar-refractivity contribution >= 4 is 6.08 Å². The molecule has 0 atom stereocenters. The van der Waals surface area contributed by atoms with E-state index >= 15 is 0 Å². The summed E-state index contributed by atoms with van der Waals surface area (Å²) in [5, 5.41) is 14.4. The Bertz CT molecular complexity index is 1200. The van der Waals surface area contributed by atoms with Gasteiger partial charge >= 0.3 is 0 Å². The smallest absolute Gasteiger partial charge is 0.205 e. The monoisotopic (exact) mass is 397 g/mol. The zero-order valence-corrected chi connectivity index (χ0v) is 16.4. The molecule has 1 aliphatic heterocycles. The quantitative estimate of drug-likeness (QED) is 0.540. The molecule has 0 fully saturated rings. The third-order valence-electron chi connectivity index (χ3n) is 4.97. The van der Waals surface area contributed by atoms with E-state index < -0.39 is 0 Å². The van der Waals surface area contributed by atoms with Crippen molar-refractivity contribution in [2.45, 2.75) is 20.1 Å². The number of nitrogens with zero attached hydrogens (tertiary/aromatic N) is 4. The zero-order chi connectivity index (χ0) is 20.3. The molecule has 0 aliphatic carbocycles. The molecule has 4 aromatic rings. The van der Waals surface area contributed by atoms with E-state index in [2.05, 4.69) is 55.9 Å². The molecule has 0 unspecified atom stereocenters. The molecule has 0 radical (unpaired) electrons. The molecule has 1 N–H and O–H groups in total. The molecule has 30 heavy (non-hydrogen) atoms. The number of aryl methyl sites for hydroxylation is 1. The van der Waals surface area contributed by atoms with Gasteiger partial charge in [0.15, 0.2) is 0 Å². The van der Waals surface area contributed by atoms with Crippen molar-refractivity contribution in [3.05, 3.63) is 83.4 Å². The predicted octanol–water partition coefficient (Wildman–Crippen LogP) is 4.32. The van der Waals surface area contributed by atoms with Gasteiger partial charge in [-0.15, -0.1) is 10.2 Å². The second-order valence-corrected chi connectivity index (χ2v) is 7.01. The van der Waals surface area contributed by atoms with Crippen LogP contribution in [0, 0.1) is 6.92 Å².